The first-order valence-electron chi connectivity index (χ1n) is 9.40. The Kier molecular flexibility index (Phi) is 7.18. The van der Waals surface area contributed by atoms with Gasteiger partial charge in [-0.25, -0.2) is 4.39 Å². The van der Waals surface area contributed by atoms with Crippen LogP contribution >= 0.6 is 23.4 Å². The average molecular weight is 461 g/mol. The lowest BCUT2D eigenvalue weighted by Gasteiger charge is -2.36. The summed E-state index contributed by atoms with van der Waals surface area (Å²) in [5.74, 6) is -1.56. The summed E-state index contributed by atoms with van der Waals surface area (Å²) < 4.78 is 52.2. The molecule has 0 saturated carbocycles. The molecule has 0 unspecified atom stereocenters. The molecule has 30 heavy (non-hydrogen) atoms. The second-order valence-corrected chi connectivity index (χ2v) is 8.53. The quantitative estimate of drug-likeness (QED) is 0.445. The van der Waals surface area contributed by atoms with E-state index in [0.29, 0.717) is 53.4 Å². The summed E-state index contributed by atoms with van der Waals surface area (Å²) in [7, 11) is 0. The Labute approximate surface area is 182 Å². The second-order valence-electron chi connectivity index (χ2n) is 7.11. The molecule has 0 aromatic heterocycles. The zero-order valence-corrected chi connectivity index (χ0v) is 17.9. The maximum atomic E-state index is 14.5. The van der Waals surface area contributed by atoms with Crippen molar-refractivity contribution in [2.24, 2.45) is 0 Å². The molecule has 1 amide bonds. The van der Waals surface area contributed by atoms with Crippen LogP contribution in [0.15, 0.2) is 41.3 Å². The number of hydrogen-bond donors (Lipinski definition) is 0. The van der Waals surface area contributed by atoms with Gasteiger partial charge in [-0.15, -0.1) is 11.8 Å². The molecule has 3 nitrogen and oxygen atoms in total. The number of piperazine rings is 1. The van der Waals surface area contributed by atoms with Gasteiger partial charge < -0.3 is 9.80 Å². The van der Waals surface area contributed by atoms with E-state index in [2.05, 4.69) is 0 Å². The van der Waals surface area contributed by atoms with Crippen molar-refractivity contribution in [1.82, 2.24) is 4.90 Å². The zero-order valence-electron chi connectivity index (χ0n) is 16.3. The van der Waals surface area contributed by atoms with Gasteiger partial charge in [0.25, 0.3) is 0 Å². The maximum Gasteiger partial charge on any atom is 0.398 e. The summed E-state index contributed by atoms with van der Waals surface area (Å²) in [4.78, 5) is 16.4. The Hall–Kier alpha value is -1.93. The summed E-state index contributed by atoms with van der Waals surface area (Å²) in [5, 5.41) is 0.537. The number of carbonyl (C=O) groups is 1. The van der Waals surface area contributed by atoms with Gasteiger partial charge in [-0.05, 0) is 36.2 Å². The molecule has 0 bridgehead atoms. The Bertz CT molecular complexity index is 914. The third kappa shape index (κ3) is 5.82. The first-order valence-corrected chi connectivity index (χ1v) is 10.8. The van der Waals surface area contributed by atoms with Crippen molar-refractivity contribution >= 4 is 35.0 Å². The van der Waals surface area contributed by atoms with E-state index >= 15 is 0 Å². The van der Waals surface area contributed by atoms with Crippen molar-refractivity contribution in [2.75, 3.05) is 36.8 Å². The van der Waals surface area contributed by atoms with E-state index in [9.17, 15) is 22.4 Å². The average Bonchev–Trinajstić information content (AvgIpc) is 2.68. The summed E-state index contributed by atoms with van der Waals surface area (Å²) in [6, 6.07) is 9.90. The van der Waals surface area contributed by atoms with Crippen LogP contribution < -0.4 is 4.90 Å². The molecule has 9 heteroatoms. The highest BCUT2D eigenvalue weighted by atomic mass is 35.5. The fourth-order valence-corrected chi connectivity index (χ4v) is 4.32. The predicted molar refractivity (Wildman–Crippen MR) is 112 cm³/mol. The van der Waals surface area contributed by atoms with Crippen LogP contribution in [-0.4, -0.2) is 48.9 Å². The number of rotatable bonds is 5. The Morgan fingerprint density at radius 1 is 1.13 bits per heavy atom. The number of thioether (sulfide) groups is 1. The number of hydrogen-bond acceptors (Lipinski definition) is 3. The van der Waals surface area contributed by atoms with Gasteiger partial charge in [0, 0.05) is 36.1 Å². The number of amides is 1. The van der Waals surface area contributed by atoms with E-state index in [0.717, 1.165) is 5.56 Å². The van der Waals surface area contributed by atoms with E-state index in [1.54, 1.807) is 34.9 Å². The normalized spacial score (nSPS) is 14.9. The van der Waals surface area contributed by atoms with E-state index in [1.807, 2.05) is 6.07 Å². The minimum atomic E-state index is -4.29. The molecule has 1 aliphatic heterocycles. The molecule has 0 N–H and O–H groups in total. The fraction of sp³-hybridized carbons (Fsp3) is 0.381. The number of carbonyl (C=O) groups excluding carboxylic acids is 1. The van der Waals surface area contributed by atoms with Crippen molar-refractivity contribution in [3.63, 3.8) is 0 Å². The number of aryl methyl sites for hydroxylation is 1. The minimum Gasteiger partial charge on any atom is -0.366 e. The number of benzene rings is 2. The molecular weight excluding hydrogens is 440 g/mol. The van der Waals surface area contributed by atoms with Crippen LogP contribution in [-0.2, 0) is 11.2 Å². The zero-order chi connectivity index (χ0) is 21.9. The number of anilines is 1. The molecule has 1 aliphatic rings. The van der Waals surface area contributed by atoms with E-state index in [4.69, 9.17) is 11.6 Å². The van der Waals surface area contributed by atoms with Gasteiger partial charge in [0.15, 0.2) is 0 Å². The largest absolute Gasteiger partial charge is 0.398 e. The molecule has 162 valence electrons. The van der Waals surface area contributed by atoms with E-state index in [-0.39, 0.29) is 18.0 Å². The van der Waals surface area contributed by atoms with Crippen LogP contribution in [0, 0.1) is 12.7 Å². The molecule has 0 radical (unpaired) electrons. The van der Waals surface area contributed by atoms with Crippen LogP contribution in [0.1, 0.15) is 11.1 Å². The van der Waals surface area contributed by atoms with Crippen LogP contribution in [0.3, 0.4) is 0 Å². The minimum absolute atomic E-state index is 0.0615. The standard InChI is InChI=1S/C21H21ClF4N2OS/c1-14-10-17(23)18(12-19(14)30-13-21(24,25)26)27-6-8-28(9-7-27)20(29)11-15-4-2-3-5-16(15)22/h2-5,10,12H,6-9,11,13H2,1H3. The molecule has 1 heterocycles. The van der Waals surface area contributed by atoms with Gasteiger partial charge in [-0.3, -0.25) is 4.79 Å². The van der Waals surface area contributed by atoms with E-state index < -0.39 is 17.7 Å². The lowest BCUT2D eigenvalue weighted by molar-refractivity contribution is -0.130. The highest BCUT2D eigenvalue weighted by molar-refractivity contribution is 7.99. The highest BCUT2D eigenvalue weighted by Crippen LogP contribution is 2.34. The first kappa shape index (κ1) is 22.7. The smallest absolute Gasteiger partial charge is 0.366 e. The fourth-order valence-electron chi connectivity index (χ4n) is 3.31. The van der Waals surface area contributed by atoms with Gasteiger partial charge in [0.2, 0.25) is 5.91 Å². The molecule has 0 aliphatic carbocycles. The van der Waals surface area contributed by atoms with Gasteiger partial charge in [0.05, 0.1) is 17.9 Å². The maximum absolute atomic E-state index is 14.5. The van der Waals surface area contributed by atoms with Gasteiger partial charge >= 0.3 is 6.18 Å². The van der Waals surface area contributed by atoms with Crippen LogP contribution in [0.4, 0.5) is 23.2 Å². The lowest BCUT2D eigenvalue weighted by Crippen LogP contribution is -2.49. The Balaban J connectivity index is 1.64. The number of halogens is 5. The molecule has 1 fully saturated rings. The molecule has 2 aromatic rings. The third-order valence-electron chi connectivity index (χ3n) is 4.91. The van der Waals surface area contributed by atoms with Crippen LogP contribution in [0.5, 0.6) is 0 Å². The van der Waals surface area contributed by atoms with E-state index in [1.165, 1.54) is 12.1 Å². The van der Waals surface area contributed by atoms with Crippen molar-refractivity contribution < 1.29 is 22.4 Å². The third-order valence-corrected chi connectivity index (χ3v) is 6.50. The molecule has 1 saturated heterocycles. The molecule has 0 spiro atoms. The highest BCUT2D eigenvalue weighted by Gasteiger charge is 2.28. The SMILES string of the molecule is Cc1cc(F)c(N2CCN(C(=O)Cc3ccccc3Cl)CC2)cc1SCC(F)(F)F. The van der Waals surface area contributed by atoms with Gasteiger partial charge in [-0.2, -0.15) is 13.2 Å². The molecule has 3 rings (SSSR count). The van der Waals surface area contributed by atoms with Crippen molar-refractivity contribution in [3.8, 4) is 0 Å². The summed E-state index contributed by atoms with van der Waals surface area (Å²) in [5.41, 5.74) is 1.49. The Morgan fingerprint density at radius 2 is 1.80 bits per heavy atom. The number of alkyl halides is 3. The van der Waals surface area contributed by atoms with Gasteiger partial charge in [-0.1, -0.05) is 29.8 Å². The molecular formula is C21H21ClF4N2OS. The van der Waals surface area contributed by atoms with Crippen LogP contribution in [0.25, 0.3) is 0 Å². The van der Waals surface area contributed by atoms with Crippen molar-refractivity contribution in [3.05, 3.63) is 58.4 Å². The second kappa shape index (κ2) is 9.47. The monoisotopic (exact) mass is 460 g/mol. The summed E-state index contributed by atoms with van der Waals surface area (Å²) in [6.07, 6.45) is -4.10. The summed E-state index contributed by atoms with van der Waals surface area (Å²) in [6.45, 7) is 3.20. The van der Waals surface area contributed by atoms with Gasteiger partial charge in [0.1, 0.15) is 5.82 Å². The van der Waals surface area contributed by atoms with Crippen molar-refractivity contribution in [1.29, 1.82) is 0 Å². The van der Waals surface area contributed by atoms with Crippen LogP contribution in [0.2, 0.25) is 5.02 Å². The first-order chi connectivity index (χ1) is 14.1. The molecule has 2 aromatic carbocycles. The summed E-state index contributed by atoms with van der Waals surface area (Å²) >= 11 is 6.77. The topological polar surface area (TPSA) is 23.6 Å². The lowest BCUT2D eigenvalue weighted by atomic mass is 10.1. The Morgan fingerprint density at radius 3 is 2.43 bits per heavy atom. The number of nitrogens with zero attached hydrogens (tertiary/aromatic N) is 2. The predicted octanol–water partition coefficient (Wildman–Crippen LogP) is 5.33. The molecule has 0 atom stereocenters. The van der Waals surface area contributed by atoms with Crippen molar-refractivity contribution in [2.45, 2.75) is 24.4 Å².